The fraction of sp³-hybridized carbons (Fsp3) is 0.556. The number of aryl methyl sites for hydroxylation is 1. The van der Waals surface area contributed by atoms with Gasteiger partial charge in [0.2, 0.25) is 5.91 Å². The maximum atomic E-state index is 12.7. The quantitative estimate of drug-likeness (QED) is 0.740. The first-order chi connectivity index (χ1) is 11.0. The first-order valence-corrected chi connectivity index (χ1v) is 8.28. The highest BCUT2D eigenvalue weighted by molar-refractivity contribution is 5.85. The van der Waals surface area contributed by atoms with Crippen LogP contribution in [0.2, 0.25) is 0 Å². The van der Waals surface area contributed by atoms with E-state index in [9.17, 15) is 9.59 Å². The molecule has 1 amide bonds. The Morgan fingerprint density at radius 1 is 1.17 bits per heavy atom. The van der Waals surface area contributed by atoms with Crippen LogP contribution in [0, 0.1) is 6.92 Å². The largest absolute Gasteiger partial charge is 0.480 e. The molecular weight excluding hydrogens is 328 g/mol. The van der Waals surface area contributed by atoms with Gasteiger partial charge in [0.05, 0.1) is 13.1 Å². The molecule has 0 spiro atoms. The van der Waals surface area contributed by atoms with Gasteiger partial charge in [0.25, 0.3) is 0 Å². The van der Waals surface area contributed by atoms with Gasteiger partial charge in [0, 0.05) is 12.6 Å². The van der Waals surface area contributed by atoms with Crippen LogP contribution in [0.15, 0.2) is 24.3 Å². The molecule has 1 aromatic rings. The molecule has 2 rings (SSSR count). The van der Waals surface area contributed by atoms with E-state index < -0.39 is 5.97 Å². The van der Waals surface area contributed by atoms with E-state index in [2.05, 4.69) is 24.3 Å². The van der Waals surface area contributed by atoms with Crippen LogP contribution in [0.1, 0.15) is 37.3 Å². The Hall–Kier alpha value is -1.59. The summed E-state index contributed by atoms with van der Waals surface area (Å²) >= 11 is 0. The van der Waals surface area contributed by atoms with Crippen LogP contribution in [-0.2, 0) is 16.1 Å². The Morgan fingerprint density at radius 2 is 1.79 bits per heavy atom. The number of carboxylic acid groups (broad SMARTS) is 1. The van der Waals surface area contributed by atoms with Crippen LogP contribution in [0.5, 0.6) is 0 Å². The van der Waals surface area contributed by atoms with Gasteiger partial charge in [0.1, 0.15) is 0 Å². The Bertz CT molecular complexity index is 544. The second-order valence-electron chi connectivity index (χ2n) is 6.34. The topological polar surface area (TPSA) is 60.9 Å². The summed E-state index contributed by atoms with van der Waals surface area (Å²) in [4.78, 5) is 27.2. The number of carboxylic acids is 1. The van der Waals surface area contributed by atoms with E-state index in [1.807, 2.05) is 18.7 Å². The third-order valence-corrected chi connectivity index (χ3v) is 4.04. The van der Waals surface area contributed by atoms with Gasteiger partial charge >= 0.3 is 5.97 Å². The zero-order valence-corrected chi connectivity index (χ0v) is 15.2. The van der Waals surface area contributed by atoms with Gasteiger partial charge in [-0.15, -0.1) is 12.4 Å². The minimum atomic E-state index is -0.886. The van der Waals surface area contributed by atoms with Gasteiger partial charge in [0.15, 0.2) is 0 Å². The van der Waals surface area contributed by atoms with E-state index in [0.717, 1.165) is 24.8 Å². The second kappa shape index (κ2) is 9.64. The lowest BCUT2D eigenvalue weighted by atomic mass is 10.1. The maximum absolute atomic E-state index is 12.7. The number of carbonyl (C=O) groups is 2. The van der Waals surface area contributed by atoms with Crippen LogP contribution in [0.3, 0.4) is 0 Å². The number of nitrogens with zero attached hydrogens (tertiary/aromatic N) is 2. The van der Waals surface area contributed by atoms with Crippen molar-refractivity contribution in [1.82, 2.24) is 9.80 Å². The number of amides is 1. The van der Waals surface area contributed by atoms with E-state index >= 15 is 0 Å². The summed E-state index contributed by atoms with van der Waals surface area (Å²) < 4.78 is 0. The molecule has 0 atom stereocenters. The molecule has 6 heteroatoms. The number of carbonyl (C=O) groups excluding carboxylic acids is 1. The lowest BCUT2D eigenvalue weighted by molar-refractivity contribution is -0.140. The van der Waals surface area contributed by atoms with E-state index in [-0.39, 0.29) is 31.4 Å². The molecule has 0 aliphatic heterocycles. The summed E-state index contributed by atoms with van der Waals surface area (Å²) in [7, 11) is 0. The molecule has 0 bridgehead atoms. The molecule has 1 aliphatic rings. The highest BCUT2D eigenvalue weighted by atomic mass is 35.5. The molecule has 5 nitrogen and oxygen atoms in total. The molecule has 1 fully saturated rings. The summed E-state index contributed by atoms with van der Waals surface area (Å²) in [6, 6.07) is 8.53. The molecular formula is C18H27ClN2O3. The highest BCUT2D eigenvalue weighted by Crippen LogP contribution is 2.28. The summed E-state index contributed by atoms with van der Waals surface area (Å²) in [5, 5.41) is 8.98. The second-order valence-corrected chi connectivity index (χ2v) is 6.34. The molecule has 1 aliphatic carbocycles. The van der Waals surface area contributed by atoms with Crippen LogP contribution >= 0.6 is 12.4 Å². The van der Waals surface area contributed by atoms with Crippen molar-refractivity contribution >= 4 is 24.3 Å². The highest BCUT2D eigenvalue weighted by Gasteiger charge is 2.33. The van der Waals surface area contributed by atoms with Crippen molar-refractivity contribution in [3.63, 3.8) is 0 Å². The standard InChI is InChI=1S/C18H26N2O3.ClH/c1-3-10-19(13-18(22)23)12-17(21)20(16-8-9-16)11-15-6-4-14(2)5-7-15;/h4-7,16H,3,8-13H2,1-2H3,(H,22,23);1H. The number of benzene rings is 1. The first-order valence-electron chi connectivity index (χ1n) is 8.28. The van der Waals surface area contributed by atoms with Crippen molar-refractivity contribution in [2.75, 3.05) is 19.6 Å². The van der Waals surface area contributed by atoms with Crippen molar-refractivity contribution in [3.05, 3.63) is 35.4 Å². The third-order valence-electron chi connectivity index (χ3n) is 4.04. The van der Waals surface area contributed by atoms with E-state index in [1.165, 1.54) is 5.56 Å². The lowest BCUT2D eigenvalue weighted by Crippen LogP contribution is -2.43. The summed E-state index contributed by atoms with van der Waals surface area (Å²) in [6.45, 7) is 5.37. The van der Waals surface area contributed by atoms with Crippen molar-refractivity contribution in [2.45, 2.75) is 45.7 Å². The van der Waals surface area contributed by atoms with Crippen molar-refractivity contribution in [2.24, 2.45) is 0 Å². The molecule has 0 radical (unpaired) electrons. The van der Waals surface area contributed by atoms with Crippen LogP contribution in [0.4, 0.5) is 0 Å². The Labute approximate surface area is 150 Å². The first kappa shape index (κ1) is 20.5. The monoisotopic (exact) mass is 354 g/mol. The molecule has 0 heterocycles. The zero-order valence-electron chi connectivity index (χ0n) is 14.4. The van der Waals surface area contributed by atoms with Crippen molar-refractivity contribution < 1.29 is 14.7 Å². The number of aliphatic carboxylic acids is 1. The van der Waals surface area contributed by atoms with Crippen molar-refractivity contribution in [1.29, 1.82) is 0 Å². The van der Waals surface area contributed by atoms with Crippen LogP contribution in [-0.4, -0.2) is 52.5 Å². The molecule has 1 N–H and O–H groups in total. The average Bonchev–Trinajstić information content (AvgIpc) is 3.30. The predicted molar refractivity (Wildman–Crippen MR) is 96.4 cm³/mol. The summed E-state index contributed by atoms with van der Waals surface area (Å²) in [5.41, 5.74) is 2.32. The zero-order chi connectivity index (χ0) is 16.8. The summed E-state index contributed by atoms with van der Waals surface area (Å²) in [6.07, 6.45) is 2.93. The molecule has 1 aromatic carbocycles. The van der Waals surface area contributed by atoms with E-state index in [4.69, 9.17) is 5.11 Å². The molecule has 0 unspecified atom stereocenters. The summed E-state index contributed by atoms with van der Waals surface area (Å²) in [5.74, 6) is -0.856. The molecule has 0 saturated heterocycles. The number of hydrogen-bond donors (Lipinski definition) is 1. The molecule has 24 heavy (non-hydrogen) atoms. The Kier molecular flexibility index (Phi) is 8.22. The normalized spacial score (nSPS) is 13.5. The van der Waals surface area contributed by atoms with Crippen LogP contribution < -0.4 is 0 Å². The van der Waals surface area contributed by atoms with Gasteiger partial charge in [-0.05, 0) is 38.3 Å². The minimum Gasteiger partial charge on any atom is -0.480 e. The molecule has 1 saturated carbocycles. The number of halogens is 1. The van der Waals surface area contributed by atoms with E-state index in [1.54, 1.807) is 4.90 Å². The van der Waals surface area contributed by atoms with Crippen LogP contribution in [0.25, 0.3) is 0 Å². The predicted octanol–water partition coefficient (Wildman–Crippen LogP) is 2.70. The third kappa shape index (κ3) is 6.49. The van der Waals surface area contributed by atoms with E-state index in [0.29, 0.717) is 19.1 Å². The average molecular weight is 355 g/mol. The van der Waals surface area contributed by atoms with Gasteiger partial charge in [-0.2, -0.15) is 0 Å². The van der Waals surface area contributed by atoms with Crippen molar-refractivity contribution in [3.8, 4) is 0 Å². The molecule has 0 aromatic heterocycles. The van der Waals surface area contributed by atoms with Gasteiger partial charge in [-0.1, -0.05) is 36.8 Å². The fourth-order valence-electron chi connectivity index (χ4n) is 2.70. The van der Waals surface area contributed by atoms with Gasteiger partial charge in [-0.3, -0.25) is 14.5 Å². The van der Waals surface area contributed by atoms with Gasteiger partial charge in [-0.25, -0.2) is 0 Å². The van der Waals surface area contributed by atoms with Gasteiger partial charge < -0.3 is 10.0 Å². The lowest BCUT2D eigenvalue weighted by Gasteiger charge is -2.26. The molecule has 134 valence electrons. The Morgan fingerprint density at radius 3 is 2.29 bits per heavy atom. The Balaban J connectivity index is 0.00000288. The number of rotatable bonds is 9. The minimum absolute atomic E-state index is 0. The SMILES string of the molecule is CCCN(CC(=O)O)CC(=O)N(Cc1ccc(C)cc1)C1CC1.Cl. The smallest absolute Gasteiger partial charge is 0.317 e. The maximum Gasteiger partial charge on any atom is 0.317 e. The number of hydrogen-bond acceptors (Lipinski definition) is 3. The fourth-order valence-corrected chi connectivity index (χ4v) is 2.70.